The van der Waals surface area contributed by atoms with Gasteiger partial charge >= 0.3 is 6.03 Å². The first-order chi connectivity index (χ1) is 11.3. The normalized spacial score (nSPS) is 16.0. The summed E-state index contributed by atoms with van der Waals surface area (Å²) < 4.78 is 6.84. The molecular formula is C16H27N5O3. The third-order valence-corrected chi connectivity index (χ3v) is 4.41. The smallest absolute Gasteiger partial charge is 0.319 e. The van der Waals surface area contributed by atoms with Gasteiger partial charge in [0, 0.05) is 32.4 Å². The third kappa shape index (κ3) is 4.05. The van der Waals surface area contributed by atoms with Crippen molar-refractivity contribution in [3.8, 4) is 0 Å². The van der Waals surface area contributed by atoms with Crippen molar-refractivity contribution in [1.29, 1.82) is 0 Å². The van der Waals surface area contributed by atoms with Crippen LogP contribution in [0.4, 0.5) is 4.79 Å². The highest BCUT2D eigenvalue weighted by molar-refractivity contribution is 5.87. The molecular weight excluding hydrogens is 310 g/mol. The number of carbonyl (C=O) groups excluding carboxylic acids is 2. The SMILES string of the molecule is COCCN1CN(C(=O)N[C@H](C)Cc2c(C)nn(C)c2C)CC1=O. The minimum atomic E-state index is -0.213. The van der Waals surface area contributed by atoms with Crippen LogP contribution in [0.15, 0.2) is 0 Å². The lowest BCUT2D eigenvalue weighted by molar-refractivity contribution is -0.127. The lowest BCUT2D eigenvalue weighted by atomic mass is 10.1. The highest BCUT2D eigenvalue weighted by Crippen LogP contribution is 2.14. The number of aryl methyl sites for hydroxylation is 2. The zero-order valence-corrected chi connectivity index (χ0v) is 15.1. The van der Waals surface area contributed by atoms with E-state index >= 15 is 0 Å². The Hall–Kier alpha value is -2.09. The topological polar surface area (TPSA) is 79.7 Å². The Morgan fingerprint density at radius 1 is 1.42 bits per heavy atom. The number of methoxy groups -OCH3 is 1. The van der Waals surface area contributed by atoms with Crippen LogP contribution in [0.5, 0.6) is 0 Å². The van der Waals surface area contributed by atoms with E-state index in [0.717, 1.165) is 17.0 Å². The van der Waals surface area contributed by atoms with Gasteiger partial charge < -0.3 is 15.0 Å². The maximum Gasteiger partial charge on any atom is 0.319 e. The molecule has 1 fully saturated rings. The molecule has 1 aliphatic heterocycles. The standard InChI is InChI=1S/C16H27N5O3/c1-11(8-14-12(2)18-19(4)13(14)3)17-16(23)21-9-15(22)20(10-21)6-7-24-5/h11H,6-10H2,1-5H3,(H,17,23)/t11-/m1/s1. The summed E-state index contributed by atoms with van der Waals surface area (Å²) >= 11 is 0. The van der Waals surface area contributed by atoms with Crippen molar-refractivity contribution in [3.05, 3.63) is 17.0 Å². The van der Waals surface area contributed by atoms with Gasteiger partial charge in [-0.05, 0) is 32.8 Å². The van der Waals surface area contributed by atoms with E-state index in [0.29, 0.717) is 26.2 Å². The maximum atomic E-state index is 12.4. The molecule has 1 aromatic heterocycles. The Bertz CT molecular complexity index is 613. The van der Waals surface area contributed by atoms with E-state index < -0.39 is 0 Å². The lowest BCUT2D eigenvalue weighted by Crippen LogP contribution is -2.44. The predicted molar refractivity (Wildman–Crippen MR) is 89.5 cm³/mol. The number of urea groups is 1. The first-order valence-electron chi connectivity index (χ1n) is 8.14. The number of nitrogens with one attached hydrogen (secondary N) is 1. The second kappa shape index (κ2) is 7.65. The van der Waals surface area contributed by atoms with Gasteiger partial charge in [-0.2, -0.15) is 5.10 Å². The molecule has 8 heteroatoms. The molecule has 8 nitrogen and oxygen atoms in total. The van der Waals surface area contributed by atoms with Gasteiger partial charge in [-0.3, -0.25) is 14.4 Å². The zero-order chi connectivity index (χ0) is 17.9. The largest absolute Gasteiger partial charge is 0.383 e. The molecule has 2 rings (SSSR count). The van der Waals surface area contributed by atoms with Gasteiger partial charge in [0.2, 0.25) is 5.91 Å². The molecule has 0 unspecified atom stereocenters. The number of rotatable bonds is 6. The van der Waals surface area contributed by atoms with E-state index in [-0.39, 0.29) is 24.5 Å². The molecule has 3 amide bonds. The van der Waals surface area contributed by atoms with Crippen LogP contribution in [-0.2, 0) is 23.0 Å². The van der Waals surface area contributed by atoms with Crippen molar-refractivity contribution in [2.45, 2.75) is 33.2 Å². The van der Waals surface area contributed by atoms with Crippen LogP contribution in [-0.4, -0.2) is 71.0 Å². The van der Waals surface area contributed by atoms with Crippen LogP contribution in [0.3, 0.4) is 0 Å². The van der Waals surface area contributed by atoms with Crippen LogP contribution in [0.25, 0.3) is 0 Å². The minimum Gasteiger partial charge on any atom is -0.383 e. The van der Waals surface area contributed by atoms with Crippen molar-refractivity contribution < 1.29 is 14.3 Å². The molecule has 24 heavy (non-hydrogen) atoms. The second-order valence-corrected chi connectivity index (χ2v) is 6.32. The molecule has 1 saturated heterocycles. The van der Waals surface area contributed by atoms with Crippen molar-refractivity contribution in [3.63, 3.8) is 0 Å². The number of hydrogen-bond donors (Lipinski definition) is 1. The summed E-state index contributed by atoms with van der Waals surface area (Å²) in [5.74, 6) is -0.0474. The minimum absolute atomic E-state index is 0.0396. The molecule has 1 N–H and O–H groups in total. The Morgan fingerprint density at radius 3 is 2.71 bits per heavy atom. The Balaban J connectivity index is 1.89. The highest BCUT2D eigenvalue weighted by atomic mass is 16.5. The third-order valence-electron chi connectivity index (χ3n) is 4.41. The molecule has 1 aliphatic rings. The molecule has 0 aromatic carbocycles. The van der Waals surface area contributed by atoms with E-state index in [9.17, 15) is 9.59 Å². The van der Waals surface area contributed by atoms with Gasteiger partial charge in [0.1, 0.15) is 6.54 Å². The number of aromatic nitrogens is 2. The molecule has 0 bridgehead atoms. The fraction of sp³-hybridized carbons (Fsp3) is 0.688. The van der Waals surface area contributed by atoms with Gasteiger partial charge in [0.05, 0.1) is 19.0 Å². The fourth-order valence-corrected chi connectivity index (χ4v) is 2.90. The Kier molecular flexibility index (Phi) is 5.82. The van der Waals surface area contributed by atoms with E-state index in [1.54, 1.807) is 12.0 Å². The molecule has 1 atom stereocenters. The average Bonchev–Trinajstić information content (AvgIpc) is 3.00. The molecule has 1 aromatic rings. The highest BCUT2D eigenvalue weighted by Gasteiger charge is 2.31. The first kappa shape index (κ1) is 18.3. The second-order valence-electron chi connectivity index (χ2n) is 6.32. The molecule has 0 aliphatic carbocycles. The van der Waals surface area contributed by atoms with Crippen LogP contribution >= 0.6 is 0 Å². The van der Waals surface area contributed by atoms with Crippen molar-refractivity contribution in [1.82, 2.24) is 24.9 Å². The van der Waals surface area contributed by atoms with Crippen molar-refractivity contribution >= 4 is 11.9 Å². The summed E-state index contributed by atoms with van der Waals surface area (Å²) in [6.07, 6.45) is 0.715. The van der Waals surface area contributed by atoms with Gasteiger partial charge in [-0.15, -0.1) is 0 Å². The van der Waals surface area contributed by atoms with Crippen LogP contribution < -0.4 is 5.32 Å². The lowest BCUT2D eigenvalue weighted by Gasteiger charge is -2.21. The van der Waals surface area contributed by atoms with Gasteiger partial charge in [0.15, 0.2) is 0 Å². The first-order valence-corrected chi connectivity index (χ1v) is 8.14. The van der Waals surface area contributed by atoms with Crippen LogP contribution in [0.2, 0.25) is 0 Å². The summed E-state index contributed by atoms with van der Waals surface area (Å²) in [6.45, 7) is 7.36. The predicted octanol–water partition coefficient (Wildman–Crippen LogP) is 0.426. The number of hydrogen-bond acceptors (Lipinski definition) is 4. The van der Waals surface area contributed by atoms with E-state index in [1.165, 1.54) is 4.90 Å². The monoisotopic (exact) mass is 337 g/mol. The fourth-order valence-electron chi connectivity index (χ4n) is 2.90. The average molecular weight is 337 g/mol. The van der Waals surface area contributed by atoms with Gasteiger partial charge in [-0.1, -0.05) is 0 Å². The van der Waals surface area contributed by atoms with Gasteiger partial charge in [-0.25, -0.2) is 4.79 Å². The molecule has 2 heterocycles. The molecule has 134 valence electrons. The number of nitrogens with zero attached hydrogens (tertiary/aromatic N) is 4. The van der Waals surface area contributed by atoms with E-state index in [2.05, 4.69) is 10.4 Å². The van der Waals surface area contributed by atoms with Crippen molar-refractivity contribution in [2.75, 3.05) is 33.5 Å². The summed E-state index contributed by atoms with van der Waals surface area (Å²) in [4.78, 5) is 27.4. The Labute approximate surface area is 142 Å². The molecule has 0 saturated carbocycles. The van der Waals surface area contributed by atoms with E-state index in [4.69, 9.17) is 4.74 Å². The maximum absolute atomic E-state index is 12.4. The van der Waals surface area contributed by atoms with E-state index in [1.807, 2.05) is 32.5 Å². The van der Waals surface area contributed by atoms with Crippen LogP contribution in [0.1, 0.15) is 23.9 Å². The van der Waals surface area contributed by atoms with Crippen molar-refractivity contribution in [2.24, 2.45) is 7.05 Å². The molecule has 0 radical (unpaired) electrons. The van der Waals surface area contributed by atoms with Gasteiger partial charge in [0.25, 0.3) is 0 Å². The summed E-state index contributed by atoms with van der Waals surface area (Å²) in [5.41, 5.74) is 3.25. The quantitative estimate of drug-likeness (QED) is 0.816. The molecule has 0 spiro atoms. The van der Waals surface area contributed by atoms with Crippen LogP contribution in [0, 0.1) is 13.8 Å². The number of amides is 3. The summed E-state index contributed by atoms with van der Waals surface area (Å²) in [6, 6.07) is -0.253. The summed E-state index contributed by atoms with van der Waals surface area (Å²) in [7, 11) is 3.51. The number of carbonyl (C=O) groups is 2. The Morgan fingerprint density at radius 2 is 2.12 bits per heavy atom. The number of ether oxygens (including phenoxy) is 1. The summed E-state index contributed by atoms with van der Waals surface area (Å²) in [5, 5.41) is 7.37. The zero-order valence-electron chi connectivity index (χ0n) is 15.1.